The Kier molecular flexibility index (Phi) is 4.17. The highest BCUT2D eigenvalue weighted by Gasteiger charge is 2.24. The van der Waals surface area contributed by atoms with Crippen molar-refractivity contribution in [2.75, 3.05) is 30.8 Å². The maximum absolute atomic E-state index is 11.5. The fraction of sp³-hybridized carbons (Fsp3) is 0.462. The minimum atomic E-state index is -0.516. The fourth-order valence-electron chi connectivity index (χ4n) is 2.44. The number of amides is 1. The molecule has 19 heavy (non-hydrogen) atoms. The molecule has 0 aromatic heterocycles. The van der Waals surface area contributed by atoms with Gasteiger partial charge in [-0.1, -0.05) is 11.6 Å². The summed E-state index contributed by atoms with van der Waals surface area (Å²) in [4.78, 5) is 13.6. The van der Waals surface area contributed by atoms with Gasteiger partial charge in [-0.3, -0.25) is 4.79 Å². The fourth-order valence-corrected chi connectivity index (χ4v) is 2.79. The van der Waals surface area contributed by atoms with Gasteiger partial charge in [0.05, 0.1) is 22.4 Å². The van der Waals surface area contributed by atoms with Crippen LogP contribution in [0.5, 0.6) is 0 Å². The van der Waals surface area contributed by atoms with E-state index in [0.29, 0.717) is 22.0 Å². The molecule has 1 amide bonds. The van der Waals surface area contributed by atoms with Crippen molar-refractivity contribution in [1.29, 1.82) is 0 Å². The average molecular weight is 284 g/mol. The highest BCUT2D eigenvalue weighted by molar-refractivity contribution is 6.34. The zero-order valence-electron chi connectivity index (χ0n) is 10.9. The minimum absolute atomic E-state index is 0.265. The van der Waals surface area contributed by atoms with E-state index in [9.17, 15) is 4.79 Å². The van der Waals surface area contributed by atoms with E-state index in [2.05, 4.69) is 4.90 Å². The highest BCUT2D eigenvalue weighted by atomic mass is 35.5. The first-order valence-electron chi connectivity index (χ1n) is 6.19. The van der Waals surface area contributed by atoms with Crippen molar-refractivity contribution in [2.24, 2.45) is 5.73 Å². The van der Waals surface area contributed by atoms with Crippen molar-refractivity contribution >= 4 is 28.9 Å². The molecule has 1 heterocycles. The summed E-state index contributed by atoms with van der Waals surface area (Å²) in [5.74, 6) is -0.516. The molecular weight excluding hydrogens is 266 g/mol. The van der Waals surface area contributed by atoms with Crippen LogP contribution in [0.1, 0.15) is 23.2 Å². The predicted octanol–water partition coefficient (Wildman–Crippen LogP) is 1.64. The standard InChI is InChI=1S/C13H18ClN3O2/c1-19-9-2-4-17(5-3-9)12-10(13(16)18)6-8(15)7-11(12)14/h6-7,9H,2-5,15H2,1H3,(H2,16,18). The summed E-state index contributed by atoms with van der Waals surface area (Å²) < 4.78 is 5.33. The van der Waals surface area contributed by atoms with Crippen LogP contribution >= 0.6 is 11.6 Å². The van der Waals surface area contributed by atoms with Crippen LogP contribution in [0.4, 0.5) is 11.4 Å². The van der Waals surface area contributed by atoms with Gasteiger partial charge in [-0.05, 0) is 25.0 Å². The Bertz CT molecular complexity index is 485. The molecule has 0 bridgehead atoms. The number of methoxy groups -OCH3 is 1. The first-order valence-corrected chi connectivity index (χ1v) is 6.57. The Morgan fingerprint density at radius 3 is 2.58 bits per heavy atom. The molecule has 0 aliphatic carbocycles. The van der Waals surface area contributed by atoms with Gasteiger partial charge < -0.3 is 21.1 Å². The van der Waals surface area contributed by atoms with Crippen LogP contribution in [-0.4, -0.2) is 32.2 Å². The summed E-state index contributed by atoms with van der Waals surface area (Å²) >= 11 is 6.22. The summed E-state index contributed by atoms with van der Waals surface area (Å²) in [5, 5.41) is 0.463. The highest BCUT2D eigenvalue weighted by Crippen LogP contribution is 2.34. The SMILES string of the molecule is COC1CCN(c2c(Cl)cc(N)cc2C(N)=O)CC1. The second-order valence-corrected chi connectivity index (χ2v) is 5.09. The van der Waals surface area contributed by atoms with E-state index in [1.54, 1.807) is 19.2 Å². The first kappa shape index (κ1) is 14.0. The number of nitrogens with zero attached hydrogens (tertiary/aromatic N) is 1. The van der Waals surface area contributed by atoms with Crippen molar-refractivity contribution in [3.63, 3.8) is 0 Å². The van der Waals surface area contributed by atoms with E-state index < -0.39 is 5.91 Å². The number of nitrogen functional groups attached to an aromatic ring is 1. The monoisotopic (exact) mass is 283 g/mol. The van der Waals surface area contributed by atoms with Crippen LogP contribution in [0.15, 0.2) is 12.1 Å². The number of ether oxygens (including phenoxy) is 1. The van der Waals surface area contributed by atoms with Crippen LogP contribution in [0.3, 0.4) is 0 Å². The topological polar surface area (TPSA) is 81.6 Å². The molecule has 104 valence electrons. The largest absolute Gasteiger partial charge is 0.399 e. The molecule has 1 fully saturated rings. The van der Waals surface area contributed by atoms with Gasteiger partial charge >= 0.3 is 0 Å². The Labute approximate surface area is 117 Å². The van der Waals surface area contributed by atoms with Gasteiger partial charge in [0.25, 0.3) is 5.91 Å². The third-order valence-corrected chi connectivity index (χ3v) is 3.73. The molecule has 5 nitrogen and oxygen atoms in total. The number of benzene rings is 1. The van der Waals surface area contributed by atoms with Gasteiger partial charge in [-0.2, -0.15) is 0 Å². The molecule has 0 atom stereocenters. The van der Waals surface area contributed by atoms with E-state index in [4.69, 9.17) is 27.8 Å². The molecule has 0 unspecified atom stereocenters. The van der Waals surface area contributed by atoms with Crippen molar-refractivity contribution in [2.45, 2.75) is 18.9 Å². The molecule has 4 N–H and O–H groups in total. The molecule has 0 radical (unpaired) electrons. The van der Waals surface area contributed by atoms with Crippen LogP contribution in [0, 0.1) is 0 Å². The normalized spacial score (nSPS) is 16.6. The lowest BCUT2D eigenvalue weighted by molar-refractivity contribution is 0.0818. The van der Waals surface area contributed by atoms with Gasteiger partial charge in [0.15, 0.2) is 0 Å². The molecule has 1 saturated heterocycles. The lowest BCUT2D eigenvalue weighted by Crippen LogP contribution is -2.38. The molecule has 1 aromatic rings. The molecule has 0 saturated carbocycles. The number of halogens is 1. The number of piperidine rings is 1. The summed E-state index contributed by atoms with van der Waals surface area (Å²) in [6.45, 7) is 1.56. The number of carbonyl (C=O) groups is 1. The molecule has 6 heteroatoms. The Morgan fingerprint density at radius 1 is 1.42 bits per heavy atom. The smallest absolute Gasteiger partial charge is 0.250 e. The first-order chi connectivity index (χ1) is 9.02. The quantitative estimate of drug-likeness (QED) is 0.826. The molecule has 0 spiro atoms. The van der Waals surface area contributed by atoms with Gasteiger partial charge in [0, 0.05) is 25.9 Å². The lowest BCUT2D eigenvalue weighted by atomic mass is 10.0. The number of primary amides is 1. The molecular formula is C13H18ClN3O2. The van der Waals surface area contributed by atoms with E-state index >= 15 is 0 Å². The van der Waals surface area contributed by atoms with Crippen LogP contribution < -0.4 is 16.4 Å². The zero-order valence-corrected chi connectivity index (χ0v) is 11.6. The van der Waals surface area contributed by atoms with Crippen LogP contribution in [0.25, 0.3) is 0 Å². The van der Waals surface area contributed by atoms with E-state index in [1.165, 1.54) is 0 Å². The minimum Gasteiger partial charge on any atom is -0.399 e. The third kappa shape index (κ3) is 2.93. The van der Waals surface area contributed by atoms with E-state index in [1.807, 2.05) is 0 Å². The van der Waals surface area contributed by atoms with Crippen molar-refractivity contribution < 1.29 is 9.53 Å². The third-order valence-electron chi connectivity index (χ3n) is 3.44. The molecule has 1 aliphatic heterocycles. The lowest BCUT2D eigenvalue weighted by Gasteiger charge is -2.34. The van der Waals surface area contributed by atoms with E-state index in [-0.39, 0.29) is 6.10 Å². The average Bonchev–Trinajstić information content (AvgIpc) is 2.38. The second kappa shape index (κ2) is 5.67. The van der Waals surface area contributed by atoms with Gasteiger partial charge in [0.1, 0.15) is 0 Å². The Morgan fingerprint density at radius 2 is 2.05 bits per heavy atom. The predicted molar refractivity (Wildman–Crippen MR) is 76.6 cm³/mol. The summed E-state index contributed by atoms with van der Waals surface area (Å²) in [6.07, 6.45) is 2.06. The number of anilines is 2. The Hall–Kier alpha value is -1.46. The molecule has 1 aromatic carbocycles. The number of nitrogens with two attached hydrogens (primary N) is 2. The summed E-state index contributed by atoms with van der Waals surface area (Å²) in [5.41, 5.74) is 12.6. The maximum Gasteiger partial charge on any atom is 0.250 e. The van der Waals surface area contributed by atoms with Gasteiger partial charge in [0.2, 0.25) is 0 Å². The van der Waals surface area contributed by atoms with E-state index in [0.717, 1.165) is 25.9 Å². The number of carbonyl (C=O) groups excluding carboxylic acids is 1. The Balaban J connectivity index is 2.32. The molecule has 2 rings (SSSR count). The van der Waals surface area contributed by atoms with Gasteiger partial charge in [-0.25, -0.2) is 0 Å². The van der Waals surface area contributed by atoms with Crippen molar-refractivity contribution in [3.8, 4) is 0 Å². The maximum atomic E-state index is 11.5. The van der Waals surface area contributed by atoms with Crippen LogP contribution in [0.2, 0.25) is 5.02 Å². The van der Waals surface area contributed by atoms with Crippen molar-refractivity contribution in [1.82, 2.24) is 0 Å². The number of hydrogen-bond donors (Lipinski definition) is 2. The number of rotatable bonds is 3. The summed E-state index contributed by atoms with van der Waals surface area (Å²) in [6, 6.07) is 3.22. The second-order valence-electron chi connectivity index (χ2n) is 4.69. The van der Waals surface area contributed by atoms with Crippen LogP contribution in [-0.2, 0) is 4.74 Å². The molecule has 1 aliphatic rings. The van der Waals surface area contributed by atoms with Crippen molar-refractivity contribution in [3.05, 3.63) is 22.7 Å². The summed E-state index contributed by atoms with van der Waals surface area (Å²) in [7, 11) is 1.71. The number of hydrogen-bond acceptors (Lipinski definition) is 4. The van der Waals surface area contributed by atoms with Gasteiger partial charge in [-0.15, -0.1) is 0 Å². The zero-order chi connectivity index (χ0) is 14.0.